The number of benzene rings is 2. The molecule has 4 rings (SSSR count). The lowest BCUT2D eigenvalue weighted by atomic mass is 9.83. The molecule has 0 unspecified atom stereocenters. The van der Waals surface area contributed by atoms with E-state index in [0.717, 1.165) is 19.1 Å². The molecule has 2 aromatic rings. The van der Waals surface area contributed by atoms with Crippen LogP contribution >= 0.6 is 0 Å². The van der Waals surface area contributed by atoms with Gasteiger partial charge in [-0.2, -0.15) is 0 Å². The summed E-state index contributed by atoms with van der Waals surface area (Å²) in [6.45, 7) is 2.90. The molecule has 1 saturated heterocycles. The van der Waals surface area contributed by atoms with Crippen LogP contribution in [0.4, 0.5) is 22.0 Å². The number of hydrogen-bond donors (Lipinski definition) is 1. The Kier molecular flexibility index (Phi) is 7.56. The number of carboxylic acids is 1. The standard InChI is InChI=1S/C26H29F5N2O3/c1-15-8-17-9-16(25(34)35)4-5-20(17)24(33(15)14-26(2,30)31)23-21(28)10-18(11-22(23)29)36-19-12-32(13-19)7-3-6-27/h4-5,9-11,15,19,24H,3,6-8,12-14H2,1-2H3,(H,34,35)/t15-,24+/m1/s1. The van der Waals surface area contributed by atoms with Crippen molar-refractivity contribution in [3.8, 4) is 5.75 Å². The average molecular weight is 513 g/mol. The molecular weight excluding hydrogens is 483 g/mol. The lowest BCUT2D eigenvalue weighted by molar-refractivity contribution is -0.0371. The highest BCUT2D eigenvalue weighted by atomic mass is 19.3. The summed E-state index contributed by atoms with van der Waals surface area (Å²) < 4.78 is 77.2. The lowest BCUT2D eigenvalue weighted by Crippen LogP contribution is -2.53. The van der Waals surface area contributed by atoms with Crippen LogP contribution in [0, 0.1) is 11.6 Å². The van der Waals surface area contributed by atoms with E-state index in [0.29, 0.717) is 37.2 Å². The Morgan fingerprint density at radius 1 is 1.17 bits per heavy atom. The number of carboxylic acid groups (broad SMARTS) is 1. The van der Waals surface area contributed by atoms with Gasteiger partial charge in [-0.3, -0.25) is 14.2 Å². The summed E-state index contributed by atoms with van der Waals surface area (Å²) in [5.41, 5.74) is 0.557. The van der Waals surface area contributed by atoms with Gasteiger partial charge in [-0.1, -0.05) is 6.07 Å². The van der Waals surface area contributed by atoms with E-state index in [-0.39, 0.29) is 29.4 Å². The summed E-state index contributed by atoms with van der Waals surface area (Å²) in [5, 5.41) is 9.35. The van der Waals surface area contributed by atoms with Gasteiger partial charge in [-0.05, 0) is 43.0 Å². The molecule has 196 valence electrons. The maximum Gasteiger partial charge on any atom is 0.335 e. The van der Waals surface area contributed by atoms with Crippen LogP contribution in [0.1, 0.15) is 53.4 Å². The second-order valence-corrected chi connectivity index (χ2v) is 9.76. The largest absolute Gasteiger partial charge is 0.488 e. The Bertz CT molecular complexity index is 1090. The van der Waals surface area contributed by atoms with Crippen molar-refractivity contribution in [2.24, 2.45) is 0 Å². The molecule has 0 amide bonds. The summed E-state index contributed by atoms with van der Waals surface area (Å²) in [7, 11) is 0. The molecule has 2 aliphatic rings. The van der Waals surface area contributed by atoms with E-state index in [1.54, 1.807) is 6.92 Å². The van der Waals surface area contributed by atoms with Crippen LogP contribution in [0.25, 0.3) is 0 Å². The van der Waals surface area contributed by atoms with Crippen molar-refractivity contribution in [3.63, 3.8) is 0 Å². The molecule has 0 bridgehead atoms. The molecule has 2 atom stereocenters. The van der Waals surface area contributed by atoms with Gasteiger partial charge in [-0.25, -0.2) is 22.4 Å². The van der Waals surface area contributed by atoms with Gasteiger partial charge in [0, 0.05) is 50.3 Å². The number of ether oxygens (including phenoxy) is 1. The molecule has 10 heteroatoms. The fourth-order valence-electron chi connectivity index (χ4n) is 5.09. The number of fused-ring (bicyclic) bond motifs is 1. The van der Waals surface area contributed by atoms with Crippen LogP contribution in [0.5, 0.6) is 5.75 Å². The second-order valence-electron chi connectivity index (χ2n) is 9.76. The monoisotopic (exact) mass is 512 g/mol. The van der Waals surface area contributed by atoms with Crippen molar-refractivity contribution in [2.45, 2.75) is 50.8 Å². The summed E-state index contributed by atoms with van der Waals surface area (Å²) in [6.07, 6.45) is 0.385. The summed E-state index contributed by atoms with van der Waals surface area (Å²) in [5.74, 6) is -6.16. The van der Waals surface area contributed by atoms with Crippen LogP contribution in [0.15, 0.2) is 30.3 Å². The van der Waals surface area contributed by atoms with E-state index in [4.69, 9.17) is 4.74 Å². The fourth-order valence-corrected chi connectivity index (χ4v) is 5.09. The van der Waals surface area contributed by atoms with E-state index in [2.05, 4.69) is 0 Å². The van der Waals surface area contributed by atoms with E-state index in [1.165, 1.54) is 23.1 Å². The molecule has 2 aliphatic heterocycles. The van der Waals surface area contributed by atoms with Crippen LogP contribution in [-0.4, -0.2) is 71.8 Å². The van der Waals surface area contributed by atoms with Crippen LogP contribution in [0.3, 0.4) is 0 Å². The van der Waals surface area contributed by atoms with Crippen LogP contribution in [0.2, 0.25) is 0 Å². The number of rotatable bonds is 9. The first-order chi connectivity index (χ1) is 17.0. The number of nitrogens with zero attached hydrogens (tertiary/aromatic N) is 2. The molecule has 0 radical (unpaired) electrons. The number of halogens is 5. The Hall–Kier alpha value is -2.72. The Balaban J connectivity index is 1.67. The molecular formula is C26H29F5N2O3. The lowest BCUT2D eigenvalue weighted by Gasteiger charge is -2.43. The molecule has 2 aromatic carbocycles. The SMILES string of the molecule is C[C@@H]1Cc2cc(C(=O)O)ccc2[C@@H](c2c(F)cc(OC3CN(CCCF)C3)cc2F)N1CC(C)(F)F. The average Bonchev–Trinajstić information content (AvgIpc) is 2.75. The molecule has 0 aliphatic carbocycles. The van der Waals surface area contributed by atoms with E-state index >= 15 is 8.78 Å². The van der Waals surface area contributed by atoms with Gasteiger partial charge in [0.2, 0.25) is 0 Å². The minimum Gasteiger partial charge on any atom is -0.488 e. The quantitative estimate of drug-likeness (QED) is 0.475. The Morgan fingerprint density at radius 3 is 2.42 bits per heavy atom. The first kappa shape index (κ1) is 26.3. The summed E-state index contributed by atoms with van der Waals surface area (Å²) >= 11 is 0. The minimum absolute atomic E-state index is 0.0124. The van der Waals surface area contributed by atoms with Crippen molar-refractivity contribution < 1.29 is 36.6 Å². The molecule has 5 nitrogen and oxygen atoms in total. The Morgan fingerprint density at radius 2 is 1.83 bits per heavy atom. The van der Waals surface area contributed by atoms with Crippen molar-refractivity contribution >= 4 is 5.97 Å². The van der Waals surface area contributed by atoms with Crippen LogP contribution < -0.4 is 4.74 Å². The first-order valence-corrected chi connectivity index (χ1v) is 11.9. The minimum atomic E-state index is -3.13. The van der Waals surface area contributed by atoms with Crippen molar-refractivity contribution in [2.75, 3.05) is 32.9 Å². The van der Waals surface area contributed by atoms with E-state index in [9.17, 15) is 23.1 Å². The number of likely N-dealkylation sites (tertiary alicyclic amines) is 1. The molecule has 0 aromatic heterocycles. The van der Waals surface area contributed by atoms with Crippen LogP contribution in [-0.2, 0) is 6.42 Å². The third-order valence-electron chi connectivity index (χ3n) is 6.72. The highest BCUT2D eigenvalue weighted by Gasteiger charge is 2.41. The van der Waals surface area contributed by atoms with Gasteiger partial charge < -0.3 is 9.84 Å². The smallest absolute Gasteiger partial charge is 0.335 e. The molecule has 1 fully saturated rings. The van der Waals surface area contributed by atoms with E-state index in [1.807, 2.05) is 4.90 Å². The van der Waals surface area contributed by atoms with Gasteiger partial charge >= 0.3 is 5.97 Å². The zero-order chi connectivity index (χ0) is 26.2. The third-order valence-corrected chi connectivity index (χ3v) is 6.72. The molecule has 0 spiro atoms. The van der Waals surface area contributed by atoms with E-state index < -0.39 is 48.8 Å². The number of hydrogen-bond acceptors (Lipinski definition) is 4. The van der Waals surface area contributed by atoms with Gasteiger partial charge in [0.1, 0.15) is 23.5 Å². The zero-order valence-corrected chi connectivity index (χ0v) is 20.1. The Labute approximate surface area is 206 Å². The predicted octanol–water partition coefficient (Wildman–Crippen LogP) is 5.08. The summed E-state index contributed by atoms with van der Waals surface area (Å²) in [4.78, 5) is 14.8. The van der Waals surface area contributed by atoms with Gasteiger partial charge in [0.15, 0.2) is 0 Å². The van der Waals surface area contributed by atoms with Gasteiger partial charge in [-0.15, -0.1) is 0 Å². The zero-order valence-electron chi connectivity index (χ0n) is 20.1. The number of alkyl halides is 3. The fraction of sp³-hybridized carbons (Fsp3) is 0.500. The van der Waals surface area contributed by atoms with Crippen molar-refractivity contribution in [1.82, 2.24) is 9.80 Å². The van der Waals surface area contributed by atoms with Gasteiger partial charge in [0.25, 0.3) is 5.92 Å². The summed E-state index contributed by atoms with van der Waals surface area (Å²) in [6, 6.07) is 4.58. The van der Waals surface area contributed by atoms with Gasteiger partial charge in [0.05, 0.1) is 24.8 Å². The first-order valence-electron chi connectivity index (χ1n) is 11.9. The highest BCUT2D eigenvalue weighted by molar-refractivity contribution is 5.88. The normalized spacial score (nSPS) is 21.2. The van der Waals surface area contributed by atoms with Crippen molar-refractivity contribution in [3.05, 3.63) is 64.2 Å². The second kappa shape index (κ2) is 10.3. The maximum absolute atomic E-state index is 15.5. The molecule has 2 heterocycles. The predicted molar refractivity (Wildman–Crippen MR) is 124 cm³/mol. The number of carbonyl (C=O) groups is 1. The maximum atomic E-state index is 15.5. The number of aromatic carboxylic acids is 1. The molecule has 1 N–H and O–H groups in total. The topological polar surface area (TPSA) is 53.0 Å². The third kappa shape index (κ3) is 5.64. The molecule has 36 heavy (non-hydrogen) atoms. The van der Waals surface area contributed by atoms with Crippen molar-refractivity contribution in [1.29, 1.82) is 0 Å². The highest BCUT2D eigenvalue weighted by Crippen LogP contribution is 2.42. The molecule has 0 saturated carbocycles.